The summed E-state index contributed by atoms with van der Waals surface area (Å²) >= 11 is 0. The Morgan fingerprint density at radius 3 is 2.08 bits per heavy atom. The lowest BCUT2D eigenvalue weighted by atomic mass is 9.86. The lowest BCUT2D eigenvalue weighted by molar-refractivity contribution is 0.0204. The molecular formula is C23H20O3. The van der Waals surface area contributed by atoms with Gasteiger partial charge in [0.1, 0.15) is 6.61 Å². The monoisotopic (exact) mass is 344 g/mol. The Bertz CT molecular complexity index is 877. The Kier molecular flexibility index (Phi) is 4.21. The van der Waals surface area contributed by atoms with E-state index in [1.807, 2.05) is 73.7 Å². The molecule has 0 aromatic heterocycles. The van der Waals surface area contributed by atoms with Gasteiger partial charge in [-0.1, -0.05) is 67.6 Å². The van der Waals surface area contributed by atoms with Crippen molar-refractivity contribution in [3.8, 4) is 11.5 Å². The third kappa shape index (κ3) is 2.76. The molecule has 1 aliphatic heterocycles. The highest BCUT2D eigenvalue weighted by molar-refractivity contribution is 5.96. The Labute approximate surface area is 153 Å². The summed E-state index contributed by atoms with van der Waals surface area (Å²) in [6.45, 7) is 2.23. The van der Waals surface area contributed by atoms with Crippen LogP contribution >= 0.6 is 0 Å². The molecule has 0 aliphatic carbocycles. The van der Waals surface area contributed by atoms with E-state index in [1.54, 1.807) is 12.1 Å². The fourth-order valence-corrected chi connectivity index (χ4v) is 3.35. The van der Waals surface area contributed by atoms with E-state index in [-0.39, 0.29) is 5.78 Å². The van der Waals surface area contributed by atoms with E-state index in [9.17, 15) is 4.79 Å². The molecule has 3 heteroatoms. The van der Waals surface area contributed by atoms with Crippen LogP contribution in [0.25, 0.3) is 0 Å². The second-order valence-corrected chi connectivity index (χ2v) is 6.39. The van der Waals surface area contributed by atoms with Gasteiger partial charge in [-0.15, -0.1) is 0 Å². The van der Waals surface area contributed by atoms with E-state index < -0.39 is 5.60 Å². The van der Waals surface area contributed by atoms with Gasteiger partial charge in [0.25, 0.3) is 0 Å². The van der Waals surface area contributed by atoms with Gasteiger partial charge in [0.05, 0.1) is 0 Å². The van der Waals surface area contributed by atoms with Crippen LogP contribution in [0, 0.1) is 0 Å². The molecule has 0 spiro atoms. The van der Waals surface area contributed by atoms with Crippen molar-refractivity contribution >= 4 is 5.78 Å². The van der Waals surface area contributed by atoms with E-state index >= 15 is 0 Å². The summed E-state index contributed by atoms with van der Waals surface area (Å²) in [5.74, 6) is 1.36. The fraction of sp³-hybridized carbons (Fsp3) is 0.174. The average molecular weight is 344 g/mol. The Hall–Kier alpha value is -3.07. The van der Waals surface area contributed by atoms with Crippen molar-refractivity contribution in [2.24, 2.45) is 0 Å². The Morgan fingerprint density at radius 2 is 1.50 bits per heavy atom. The maximum absolute atomic E-state index is 12.1. The van der Waals surface area contributed by atoms with Gasteiger partial charge in [0.2, 0.25) is 0 Å². The molecule has 0 saturated carbocycles. The minimum absolute atomic E-state index is 0.0898. The third-order valence-corrected chi connectivity index (χ3v) is 4.78. The maximum Gasteiger partial charge on any atom is 0.193 e. The predicted octanol–water partition coefficient (Wildman–Crippen LogP) is 4.99. The Balaban J connectivity index is 1.84. The van der Waals surface area contributed by atoms with E-state index in [1.165, 1.54) is 0 Å². The van der Waals surface area contributed by atoms with Crippen LogP contribution in [0.2, 0.25) is 0 Å². The molecule has 1 heterocycles. The van der Waals surface area contributed by atoms with Crippen LogP contribution in [-0.4, -0.2) is 12.4 Å². The first-order valence-electron chi connectivity index (χ1n) is 8.83. The first-order valence-corrected chi connectivity index (χ1v) is 8.83. The van der Waals surface area contributed by atoms with Gasteiger partial charge in [0, 0.05) is 23.1 Å². The fourth-order valence-electron chi connectivity index (χ4n) is 3.35. The van der Waals surface area contributed by atoms with E-state index in [0.29, 0.717) is 30.1 Å². The van der Waals surface area contributed by atoms with E-state index in [2.05, 4.69) is 0 Å². The Morgan fingerprint density at radius 1 is 0.885 bits per heavy atom. The van der Waals surface area contributed by atoms with Crippen molar-refractivity contribution < 1.29 is 14.3 Å². The molecule has 0 bridgehead atoms. The maximum atomic E-state index is 12.1. The van der Waals surface area contributed by atoms with Gasteiger partial charge < -0.3 is 9.47 Å². The molecule has 0 fully saturated rings. The topological polar surface area (TPSA) is 35.5 Å². The summed E-state index contributed by atoms with van der Waals surface area (Å²) in [5, 5.41) is 0. The summed E-state index contributed by atoms with van der Waals surface area (Å²) < 4.78 is 12.6. The largest absolute Gasteiger partial charge is 0.485 e. The second-order valence-electron chi connectivity index (χ2n) is 6.39. The van der Waals surface area contributed by atoms with E-state index in [4.69, 9.17) is 9.47 Å². The lowest BCUT2D eigenvalue weighted by Gasteiger charge is -2.39. The van der Waals surface area contributed by atoms with Crippen molar-refractivity contribution in [2.75, 3.05) is 6.61 Å². The van der Waals surface area contributed by atoms with Crippen molar-refractivity contribution in [3.63, 3.8) is 0 Å². The van der Waals surface area contributed by atoms with Gasteiger partial charge >= 0.3 is 0 Å². The number of benzene rings is 3. The van der Waals surface area contributed by atoms with Crippen LogP contribution < -0.4 is 9.47 Å². The van der Waals surface area contributed by atoms with Gasteiger partial charge in [-0.25, -0.2) is 0 Å². The van der Waals surface area contributed by atoms with Gasteiger partial charge in [-0.3, -0.25) is 4.79 Å². The van der Waals surface area contributed by atoms with Crippen LogP contribution in [0.5, 0.6) is 11.5 Å². The summed E-state index contributed by atoms with van der Waals surface area (Å²) in [7, 11) is 0. The highest BCUT2D eigenvalue weighted by atomic mass is 16.6. The number of carbonyl (C=O) groups is 1. The van der Waals surface area contributed by atoms with Crippen molar-refractivity contribution in [3.05, 3.63) is 95.6 Å². The summed E-state index contributed by atoms with van der Waals surface area (Å²) in [6, 6.07) is 25.5. The predicted molar refractivity (Wildman–Crippen MR) is 101 cm³/mol. The molecule has 130 valence electrons. The molecule has 0 amide bonds. The molecular weight excluding hydrogens is 324 g/mol. The number of ether oxygens (including phenoxy) is 2. The zero-order chi connectivity index (χ0) is 18.0. The number of hydrogen-bond donors (Lipinski definition) is 0. The van der Waals surface area contributed by atoms with Crippen molar-refractivity contribution in [1.82, 2.24) is 0 Å². The van der Waals surface area contributed by atoms with Crippen LogP contribution in [0.4, 0.5) is 0 Å². The normalized spacial score (nSPS) is 14.7. The molecule has 0 atom stereocenters. The highest BCUT2D eigenvalue weighted by Gasteiger charge is 2.41. The molecule has 0 N–H and O–H groups in total. The molecule has 0 saturated heterocycles. The van der Waals surface area contributed by atoms with Gasteiger partial charge in [-0.05, 0) is 18.2 Å². The number of Topliss-reactive ketones (excluding diaryl/α,β-unsaturated/α-hetero) is 1. The zero-order valence-corrected chi connectivity index (χ0v) is 14.6. The van der Waals surface area contributed by atoms with Crippen molar-refractivity contribution in [1.29, 1.82) is 0 Å². The zero-order valence-electron chi connectivity index (χ0n) is 14.6. The smallest absolute Gasteiger partial charge is 0.193 e. The van der Waals surface area contributed by atoms with Crippen LogP contribution in [0.3, 0.4) is 0 Å². The quantitative estimate of drug-likeness (QED) is 0.625. The molecule has 0 radical (unpaired) electrons. The van der Waals surface area contributed by atoms with Gasteiger partial charge in [0.15, 0.2) is 22.9 Å². The SMILES string of the molecule is CCC(=O)c1ccc2c(c1)OC(c1ccccc1)(c1ccccc1)CO2. The second kappa shape index (κ2) is 6.68. The lowest BCUT2D eigenvalue weighted by Crippen LogP contribution is -2.43. The summed E-state index contributed by atoms with van der Waals surface area (Å²) in [4.78, 5) is 12.1. The minimum atomic E-state index is -0.747. The first-order chi connectivity index (χ1) is 12.7. The molecule has 3 aromatic carbocycles. The molecule has 1 aliphatic rings. The third-order valence-electron chi connectivity index (χ3n) is 4.78. The molecule has 3 aromatic rings. The average Bonchev–Trinajstić information content (AvgIpc) is 2.73. The van der Waals surface area contributed by atoms with Crippen LogP contribution in [-0.2, 0) is 5.60 Å². The minimum Gasteiger partial charge on any atom is -0.485 e. The summed E-state index contributed by atoms with van der Waals surface area (Å²) in [5.41, 5.74) is 1.93. The molecule has 0 unspecified atom stereocenters. The number of fused-ring (bicyclic) bond motifs is 1. The number of hydrogen-bond acceptors (Lipinski definition) is 3. The molecule has 4 rings (SSSR count). The van der Waals surface area contributed by atoms with Crippen LogP contribution in [0.15, 0.2) is 78.9 Å². The molecule has 26 heavy (non-hydrogen) atoms. The first kappa shape index (κ1) is 16.4. The van der Waals surface area contributed by atoms with E-state index in [0.717, 1.165) is 11.1 Å². The highest BCUT2D eigenvalue weighted by Crippen LogP contribution is 2.43. The van der Waals surface area contributed by atoms with Crippen molar-refractivity contribution in [2.45, 2.75) is 18.9 Å². The molecule has 3 nitrogen and oxygen atoms in total. The number of rotatable bonds is 4. The number of carbonyl (C=O) groups excluding carboxylic acids is 1. The van der Waals surface area contributed by atoms with Gasteiger partial charge in [-0.2, -0.15) is 0 Å². The van der Waals surface area contributed by atoms with Crippen LogP contribution in [0.1, 0.15) is 34.8 Å². The summed E-state index contributed by atoms with van der Waals surface area (Å²) in [6.07, 6.45) is 0.460. The number of ketones is 1. The standard InChI is InChI=1S/C23H20O3/c1-2-20(24)17-13-14-21-22(15-17)26-23(16-25-21,18-9-5-3-6-10-18)19-11-7-4-8-12-19/h3-15H,2,16H2,1H3.